The maximum absolute atomic E-state index is 12.7. The lowest BCUT2D eigenvalue weighted by Crippen LogP contribution is -2.35. The number of hydrogen-bond acceptors (Lipinski definition) is 3. The third kappa shape index (κ3) is 5.29. The van der Waals surface area contributed by atoms with Crippen LogP contribution in [0.4, 0.5) is 24.5 Å². The number of amides is 2. The Bertz CT molecular complexity index is 909. The Kier molecular flexibility index (Phi) is 5.64. The number of thiocarbonyl (C=S) groups is 1. The van der Waals surface area contributed by atoms with Gasteiger partial charge in [-0.2, -0.15) is 13.2 Å². The molecule has 0 unspecified atom stereocenters. The summed E-state index contributed by atoms with van der Waals surface area (Å²) in [5.41, 5.74) is 0.0326. The molecule has 9 heteroatoms. The Labute approximate surface area is 164 Å². The maximum Gasteiger partial charge on any atom is 0.416 e. The Morgan fingerprint density at radius 1 is 0.964 bits per heavy atom. The number of anilines is 2. The average molecular weight is 407 g/mol. The van der Waals surface area contributed by atoms with Gasteiger partial charge in [-0.1, -0.05) is 6.07 Å². The zero-order valence-corrected chi connectivity index (χ0v) is 15.3. The summed E-state index contributed by atoms with van der Waals surface area (Å²) in [4.78, 5) is 23.9. The summed E-state index contributed by atoms with van der Waals surface area (Å²) in [6.45, 7) is 0. The van der Waals surface area contributed by atoms with E-state index in [0.29, 0.717) is 5.69 Å². The van der Waals surface area contributed by atoms with E-state index in [1.54, 1.807) is 12.1 Å². The fourth-order valence-corrected chi connectivity index (χ4v) is 2.62. The van der Waals surface area contributed by atoms with Crippen LogP contribution in [0.5, 0.6) is 0 Å². The van der Waals surface area contributed by atoms with E-state index < -0.39 is 17.6 Å². The smallest absolute Gasteiger partial charge is 0.332 e. The molecule has 0 saturated heterocycles. The van der Waals surface area contributed by atoms with Gasteiger partial charge >= 0.3 is 6.18 Å². The van der Waals surface area contributed by atoms with Gasteiger partial charge < -0.3 is 16.0 Å². The Balaban J connectivity index is 1.59. The van der Waals surface area contributed by atoms with Gasteiger partial charge in [0.15, 0.2) is 5.11 Å². The summed E-state index contributed by atoms with van der Waals surface area (Å²) in [7, 11) is 0. The van der Waals surface area contributed by atoms with E-state index in [1.807, 2.05) is 0 Å². The number of carbonyl (C=O) groups excluding carboxylic acids is 2. The molecule has 0 radical (unpaired) electrons. The van der Waals surface area contributed by atoms with Crippen LogP contribution in [0.2, 0.25) is 0 Å². The van der Waals surface area contributed by atoms with Crippen LogP contribution in [-0.4, -0.2) is 16.9 Å². The molecule has 1 saturated carbocycles. The number of alkyl halides is 3. The van der Waals surface area contributed by atoms with Gasteiger partial charge in [-0.15, -0.1) is 0 Å². The molecule has 0 aliphatic heterocycles. The molecule has 5 nitrogen and oxygen atoms in total. The van der Waals surface area contributed by atoms with Crippen molar-refractivity contribution in [2.24, 2.45) is 5.92 Å². The molecule has 3 rings (SSSR count). The lowest BCUT2D eigenvalue weighted by Gasteiger charge is -2.11. The quantitative estimate of drug-likeness (QED) is 0.665. The van der Waals surface area contributed by atoms with Crippen LogP contribution < -0.4 is 16.0 Å². The molecule has 0 heterocycles. The van der Waals surface area contributed by atoms with Crippen LogP contribution in [0.25, 0.3) is 0 Å². The standard InChI is InChI=1S/C19H16F3N3O2S/c20-19(21,22)13-2-1-3-15(10-13)23-16(26)12-6-8-14(9-7-12)24-18(28)25-17(27)11-4-5-11/h1-3,6-11H,4-5H2,(H,23,26)(H2,24,25,27,28). The van der Waals surface area contributed by atoms with Gasteiger partial charge in [0.2, 0.25) is 5.91 Å². The van der Waals surface area contributed by atoms with E-state index in [0.717, 1.165) is 25.0 Å². The second-order valence-electron chi connectivity index (χ2n) is 6.33. The Hall–Kier alpha value is -2.94. The van der Waals surface area contributed by atoms with Gasteiger partial charge in [-0.05, 0) is 67.5 Å². The van der Waals surface area contributed by atoms with Crippen molar-refractivity contribution in [3.8, 4) is 0 Å². The molecule has 0 bridgehead atoms. The van der Waals surface area contributed by atoms with E-state index in [2.05, 4.69) is 16.0 Å². The highest BCUT2D eigenvalue weighted by molar-refractivity contribution is 7.80. The van der Waals surface area contributed by atoms with Crippen LogP contribution >= 0.6 is 12.2 Å². The maximum atomic E-state index is 12.7. The molecule has 0 spiro atoms. The second-order valence-corrected chi connectivity index (χ2v) is 6.74. The van der Waals surface area contributed by atoms with Gasteiger partial charge in [0, 0.05) is 22.9 Å². The Morgan fingerprint density at radius 2 is 1.64 bits per heavy atom. The first-order valence-electron chi connectivity index (χ1n) is 8.43. The number of halogens is 3. The fourth-order valence-electron chi connectivity index (χ4n) is 2.40. The van der Waals surface area contributed by atoms with Crippen LogP contribution in [0.15, 0.2) is 48.5 Å². The van der Waals surface area contributed by atoms with Gasteiger partial charge in [0.05, 0.1) is 5.56 Å². The third-order valence-corrected chi connectivity index (χ3v) is 4.24. The van der Waals surface area contributed by atoms with Crippen molar-refractivity contribution in [1.29, 1.82) is 0 Å². The highest BCUT2D eigenvalue weighted by atomic mass is 32.1. The molecule has 0 aromatic heterocycles. The fraction of sp³-hybridized carbons (Fsp3) is 0.211. The van der Waals surface area contributed by atoms with Crippen molar-refractivity contribution in [3.63, 3.8) is 0 Å². The second kappa shape index (κ2) is 7.97. The summed E-state index contributed by atoms with van der Waals surface area (Å²) < 4.78 is 38.2. The SMILES string of the molecule is O=C(Nc1cccc(C(F)(F)F)c1)c1ccc(NC(=S)NC(=O)C2CC2)cc1. The molecule has 3 N–H and O–H groups in total. The van der Waals surface area contributed by atoms with Crippen LogP contribution in [0.1, 0.15) is 28.8 Å². The van der Waals surface area contributed by atoms with E-state index in [4.69, 9.17) is 12.2 Å². The van der Waals surface area contributed by atoms with Crippen molar-refractivity contribution >= 4 is 40.5 Å². The van der Waals surface area contributed by atoms with Crippen molar-refractivity contribution in [2.45, 2.75) is 19.0 Å². The Morgan fingerprint density at radius 3 is 2.25 bits per heavy atom. The molecule has 1 aliphatic carbocycles. The highest BCUT2D eigenvalue weighted by Crippen LogP contribution is 2.31. The molecule has 28 heavy (non-hydrogen) atoms. The predicted octanol–water partition coefficient (Wildman–Crippen LogP) is 4.18. The first-order chi connectivity index (χ1) is 13.2. The zero-order chi connectivity index (χ0) is 20.3. The van der Waals surface area contributed by atoms with Gasteiger partial charge in [-0.25, -0.2) is 0 Å². The summed E-state index contributed by atoms with van der Waals surface area (Å²) >= 11 is 5.06. The summed E-state index contributed by atoms with van der Waals surface area (Å²) in [5.74, 6) is -0.633. The van der Waals surface area contributed by atoms with E-state index >= 15 is 0 Å². The molecule has 0 atom stereocenters. The van der Waals surface area contributed by atoms with Crippen LogP contribution in [0.3, 0.4) is 0 Å². The average Bonchev–Trinajstić information content (AvgIpc) is 3.47. The zero-order valence-electron chi connectivity index (χ0n) is 14.5. The van der Waals surface area contributed by atoms with Crippen LogP contribution in [0, 0.1) is 5.92 Å². The molecule has 1 aliphatic rings. The van der Waals surface area contributed by atoms with Gasteiger partial charge in [-0.3, -0.25) is 9.59 Å². The van der Waals surface area contributed by atoms with Gasteiger partial charge in [0.25, 0.3) is 5.91 Å². The molecule has 146 valence electrons. The number of rotatable bonds is 4. The van der Waals surface area contributed by atoms with Crippen molar-refractivity contribution in [3.05, 3.63) is 59.7 Å². The third-order valence-electron chi connectivity index (χ3n) is 4.04. The van der Waals surface area contributed by atoms with Crippen molar-refractivity contribution < 1.29 is 22.8 Å². The van der Waals surface area contributed by atoms with Crippen LogP contribution in [-0.2, 0) is 11.0 Å². The molecule has 2 aromatic carbocycles. The number of nitrogens with one attached hydrogen (secondary N) is 3. The molecule has 1 fully saturated rings. The van der Waals surface area contributed by atoms with E-state index in [9.17, 15) is 22.8 Å². The highest BCUT2D eigenvalue weighted by Gasteiger charge is 2.31. The summed E-state index contributed by atoms with van der Waals surface area (Å²) in [6.07, 6.45) is -2.75. The molecular weight excluding hydrogens is 391 g/mol. The lowest BCUT2D eigenvalue weighted by molar-refractivity contribution is -0.137. The monoisotopic (exact) mass is 407 g/mol. The minimum absolute atomic E-state index is 0.0293. The number of hydrogen-bond donors (Lipinski definition) is 3. The first kappa shape index (κ1) is 19.8. The molecule has 2 amide bonds. The number of carbonyl (C=O) groups is 2. The summed E-state index contributed by atoms with van der Waals surface area (Å²) in [6, 6.07) is 10.6. The molecule has 2 aromatic rings. The van der Waals surface area contributed by atoms with E-state index in [1.165, 1.54) is 24.3 Å². The minimum Gasteiger partial charge on any atom is -0.332 e. The van der Waals surface area contributed by atoms with Crippen molar-refractivity contribution in [1.82, 2.24) is 5.32 Å². The number of benzene rings is 2. The normalized spacial score (nSPS) is 13.5. The van der Waals surface area contributed by atoms with Crippen molar-refractivity contribution in [2.75, 3.05) is 10.6 Å². The topological polar surface area (TPSA) is 70.2 Å². The summed E-state index contributed by atoms with van der Waals surface area (Å²) in [5, 5.41) is 8.03. The molecular formula is C19H16F3N3O2S. The lowest BCUT2D eigenvalue weighted by atomic mass is 10.1. The predicted molar refractivity (Wildman–Crippen MR) is 103 cm³/mol. The first-order valence-corrected chi connectivity index (χ1v) is 8.84. The van der Waals surface area contributed by atoms with E-state index in [-0.39, 0.29) is 28.2 Å². The largest absolute Gasteiger partial charge is 0.416 e. The van der Waals surface area contributed by atoms with Gasteiger partial charge in [0.1, 0.15) is 0 Å². The minimum atomic E-state index is -4.48.